The lowest BCUT2D eigenvalue weighted by Crippen LogP contribution is -2.33. The van der Waals surface area contributed by atoms with E-state index in [1.165, 1.54) is 22.0 Å². The predicted molar refractivity (Wildman–Crippen MR) is 107 cm³/mol. The van der Waals surface area contributed by atoms with E-state index in [0.29, 0.717) is 19.5 Å². The lowest BCUT2D eigenvalue weighted by molar-refractivity contribution is -0.131. The monoisotopic (exact) mass is 349 g/mol. The number of carbonyl (C=O) groups is 1. The Morgan fingerprint density at radius 2 is 1.81 bits per heavy atom. The molecule has 0 saturated heterocycles. The van der Waals surface area contributed by atoms with Crippen molar-refractivity contribution in [2.75, 3.05) is 19.6 Å². The molecule has 0 aliphatic heterocycles. The minimum atomic E-state index is 0.205. The molecule has 0 bridgehead atoms. The van der Waals surface area contributed by atoms with Gasteiger partial charge >= 0.3 is 0 Å². The highest BCUT2D eigenvalue weighted by Crippen LogP contribution is 2.17. The zero-order chi connectivity index (χ0) is 18.2. The van der Waals surface area contributed by atoms with Crippen LogP contribution in [0.15, 0.2) is 60.8 Å². The summed E-state index contributed by atoms with van der Waals surface area (Å²) in [6.07, 6.45) is 3.57. The van der Waals surface area contributed by atoms with Crippen LogP contribution in [-0.2, 0) is 17.8 Å². The van der Waals surface area contributed by atoms with Gasteiger partial charge in [0.15, 0.2) is 0 Å². The maximum Gasteiger partial charge on any atom is 0.224 e. The molecule has 0 aliphatic rings. The van der Waals surface area contributed by atoms with Gasteiger partial charge in [0, 0.05) is 43.2 Å². The quantitative estimate of drug-likeness (QED) is 0.578. The Morgan fingerprint density at radius 3 is 2.62 bits per heavy atom. The number of carbonyl (C=O) groups excluding carboxylic acids is 1. The van der Waals surface area contributed by atoms with Gasteiger partial charge in [-0.25, -0.2) is 0 Å². The van der Waals surface area contributed by atoms with Crippen LogP contribution in [0, 0.1) is 0 Å². The van der Waals surface area contributed by atoms with Gasteiger partial charge in [0.05, 0.1) is 0 Å². The third kappa shape index (κ3) is 4.73. The van der Waals surface area contributed by atoms with Crippen molar-refractivity contribution in [1.82, 2.24) is 15.2 Å². The number of para-hydroxylation sites is 1. The number of aromatic nitrogens is 1. The molecule has 0 radical (unpaired) electrons. The summed E-state index contributed by atoms with van der Waals surface area (Å²) < 4.78 is 0. The number of H-pyrrole nitrogens is 1. The van der Waals surface area contributed by atoms with E-state index in [4.69, 9.17) is 0 Å². The second-order valence-corrected chi connectivity index (χ2v) is 6.50. The number of fused-ring (bicyclic) bond motifs is 1. The number of benzene rings is 2. The molecule has 0 spiro atoms. The van der Waals surface area contributed by atoms with E-state index in [0.717, 1.165) is 19.5 Å². The van der Waals surface area contributed by atoms with Crippen molar-refractivity contribution in [2.24, 2.45) is 0 Å². The SMILES string of the molecule is CCN(Cc1ccccc1)C(=O)CCNCCc1c[nH]c2ccccc12. The van der Waals surface area contributed by atoms with Crippen LogP contribution in [0.25, 0.3) is 10.9 Å². The summed E-state index contributed by atoms with van der Waals surface area (Å²) in [4.78, 5) is 17.6. The number of amides is 1. The Bertz CT molecular complexity index is 826. The van der Waals surface area contributed by atoms with Gasteiger partial charge in [-0.2, -0.15) is 0 Å². The van der Waals surface area contributed by atoms with Gasteiger partial charge in [-0.1, -0.05) is 48.5 Å². The third-order valence-corrected chi connectivity index (χ3v) is 4.71. The summed E-state index contributed by atoms with van der Waals surface area (Å²) in [5.74, 6) is 0.205. The average molecular weight is 349 g/mol. The van der Waals surface area contributed by atoms with Gasteiger partial charge in [0.2, 0.25) is 5.91 Å². The molecule has 3 rings (SSSR count). The molecule has 2 aromatic carbocycles. The van der Waals surface area contributed by atoms with E-state index in [9.17, 15) is 4.79 Å². The first-order valence-corrected chi connectivity index (χ1v) is 9.35. The molecular formula is C22H27N3O. The van der Waals surface area contributed by atoms with Crippen LogP contribution in [0.3, 0.4) is 0 Å². The zero-order valence-electron chi connectivity index (χ0n) is 15.4. The molecule has 4 heteroatoms. The van der Waals surface area contributed by atoms with E-state index in [1.807, 2.05) is 36.1 Å². The van der Waals surface area contributed by atoms with Crippen LogP contribution in [-0.4, -0.2) is 35.4 Å². The lowest BCUT2D eigenvalue weighted by Gasteiger charge is -2.21. The summed E-state index contributed by atoms with van der Waals surface area (Å²) >= 11 is 0. The van der Waals surface area contributed by atoms with Gasteiger partial charge < -0.3 is 15.2 Å². The fourth-order valence-electron chi connectivity index (χ4n) is 3.22. The van der Waals surface area contributed by atoms with E-state index in [2.05, 4.69) is 46.8 Å². The van der Waals surface area contributed by atoms with Crippen LogP contribution in [0.2, 0.25) is 0 Å². The fraction of sp³-hybridized carbons (Fsp3) is 0.318. The van der Waals surface area contributed by atoms with E-state index in [1.54, 1.807) is 0 Å². The Hall–Kier alpha value is -2.59. The molecule has 0 saturated carbocycles. The summed E-state index contributed by atoms with van der Waals surface area (Å²) in [6, 6.07) is 18.5. The topological polar surface area (TPSA) is 48.1 Å². The van der Waals surface area contributed by atoms with E-state index < -0.39 is 0 Å². The van der Waals surface area contributed by atoms with Gasteiger partial charge in [0.1, 0.15) is 0 Å². The Morgan fingerprint density at radius 1 is 1.04 bits per heavy atom. The molecule has 1 heterocycles. The highest BCUT2D eigenvalue weighted by Gasteiger charge is 2.11. The van der Waals surface area contributed by atoms with Gasteiger partial charge in [-0.3, -0.25) is 4.79 Å². The van der Waals surface area contributed by atoms with E-state index >= 15 is 0 Å². The number of nitrogens with one attached hydrogen (secondary N) is 2. The van der Waals surface area contributed by atoms with Crippen LogP contribution in [0.1, 0.15) is 24.5 Å². The number of hydrogen-bond donors (Lipinski definition) is 2. The van der Waals surface area contributed by atoms with Crippen LogP contribution in [0.5, 0.6) is 0 Å². The Balaban J connectivity index is 1.40. The number of rotatable bonds is 9. The van der Waals surface area contributed by atoms with Crippen molar-refractivity contribution >= 4 is 16.8 Å². The maximum atomic E-state index is 12.4. The number of aromatic amines is 1. The molecule has 1 aromatic heterocycles. The standard InChI is InChI=1S/C22H27N3O/c1-2-25(17-18-8-4-3-5-9-18)22(26)13-15-23-14-12-19-16-24-21-11-7-6-10-20(19)21/h3-11,16,23-24H,2,12-15,17H2,1H3. The first-order chi connectivity index (χ1) is 12.8. The zero-order valence-corrected chi connectivity index (χ0v) is 15.4. The van der Waals surface area contributed by atoms with Crippen molar-refractivity contribution in [3.8, 4) is 0 Å². The molecule has 0 fully saturated rings. The molecule has 4 nitrogen and oxygen atoms in total. The molecule has 0 atom stereocenters. The third-order valence-electron chi connectivity index (χ3n) is 4.71. The van der Waals surface area contributed by atoms with Gasteiger partial charge in [-0.15, -0.1) is 0 Å². The van der Waals surface area contributed by atoms with Gasteiger partial charge in [0.25, 0.3) is 0 Å². The smallest absolute Gasteiger partial charge is 0.224 e. The van der Waals surface area contributed by atoms with Gasteiger partial charge in [-0.05, 0) is 37.1 Å². The number of nitrogens with zero attached hydrogens (tertiary/aromatic N) is 1. The molecule has 26 heavy (non-hydrogen) atoms. The van der Waals surface area contributed by atoms with Crippen molar-refractivity contribution < 1.29 is 4.79 Å². The first kappa shape index (κ1) is 18.2. The summed E-state index contributed by atoms with van der Waals surface area (Å²) in [5, 5.41) is 4.68. The highest BCUT2D eigenvalue weighted by molar-refractivity contribution is 5.83. The minimum Gasteiger partial charge on any atom is -0.361 e. The number of hydrogen-bond acceptors (Lipinski definition) is 2. The molecule has 0 aliphatic carbocycles. The maximum absolute atomic E-state index is 12.4. The summed E-state index contributed by atoms with van der Waals surface area (Å²) in [6.45, 7) is 5.05. The molecule has 0 unspecified atom stereocenters. The Kier molecular flexibility index (Phi) is 6.45. The first-order valence-electron chi connectivity index (χ1n) is 9.35. The van der Waals surface area contributed by atoms with Crippen molar-refractivity contribution in [2.45, 2.75) is 26.3 Å². The van der Waals surface area contributed by atoms with Crippen molar-refractivity contribution in [1.29, 1.82) is 0 Å². The average Bonchev–Trinajstić information content (AvgIpc) is 3.09. The fourth-order valence-corrected chi connectivity index (χ4v) is 3.22. The molecule has 3 aromatic rings. The molecule has 136 valence electrons. The summed E-state index contributed by atoms with van der Waals surface area (Å²) in [5.41, 5.74) is 3.67. The highest BCUT2D eigenvalue weighted by atomic mass is 16.2. The largest absolute Gasteiger partial charge is 0.361 e. The lowest BCUT2D eigenvalue weighted by atomic mass is 10.1. The predicted octanol–water partition coefficient (Wildman–Crippen LogP) is 3.74. The summed E-state index contributed by atoms with van der Waals surface area (Å²) in [7, 11) is 0. The van der Waals surface area contributed by atoms with Crippen LogP contribution < -0.4 is 5.32 Å². The minimum absolute atomic E-state index is 0.205. The molecular weight excluding hydrogens is 322 g/mol. The second kappa shape index (κ2) is 9.20. The van der Waals surface area contributed by atoms with E-state index in [-0.39, 0.29) is 5.91 Å². The van der Waals surface area contributed by atoms with Crippen LogP contribution >= 0.6 is 0 Å². The second-order valence-electron chi connectivity index (χ2n) is 6.50. The normalized spacial score (nSPS) is 11.0. The van der Waals surface area contributed by atoms with Crippen LogP contribution in [0.4, 0.5) is 0 Å². The van der Waals surface area contributed by atoms with Crippen molar-refractivity contribution in [3.63, 3.8) is 0 Å². The van der Waals surface area contributed by atoms with Crippen molar-refractivity contribution in [3.05, 3.63) is 71.9 Å². The molecule has 1 amide bonds. The Labute approximate surface area is 155 Å². The molecule has 2 N–H and O–H groups in total.